The number of nitrogens with zero attached hydrogens (tertiary/aromatic N) is 2. The maximum atomic E-state index is 14.1. The lowest BCUT2D eigenvalue weighted by Gasteiger charge is -2.30. The predicted octanol–water partition coefficient (Wildman–Crippen LogP) is 5.36. The van der Waals surface area contributed by atoms with Crippen LogP contribution in [0.2, 0.25) is 0 Å². The number of carboxylic acid groups (broad SMARTS) is 1. The predicted molar refractivity (Wildman–Crippen MR) is 125 cm³/mol. The van der Waals surface area contributed by atoms with Crippen LogP contribution in [0.3, 0.4) is 0 Å². The van der Waals surface area contributed by atoms with Gasteiger partial charge in [-0.25, -0.2) is 13.9 Å². The summed E-state index contributed by atoms with van der Waals surface area (Å²) in [5.74, 6) is -4.12. The van der Waals surface area contributed by atoms with Crippen LogP contribution in [0.1, 0.15) is 47.5 Å². The molecule has 1 aliphatic rings. The van der Waals surface area contributed by atoms with Crippen molar-refractivity contribution in [2.75, 3.05) is 11.8 Å². The fourth-order valence-corrected chi connectivity index (χ4v) is 5.40. The first-order valence-electron chi connectivity index (χ1n) is 11.3. The Morgan fingerprint density at radius 3 is 2.32 bits per heavy atom. The highest BCUT2D eigenvalue weighted by Crippen LogP contribution is 2.43. The molecule has 1 heterocycles. The summed E-state index contributed by atoms with van der Waals surface area (Å²) in [6.45, 7) is 0. The molecule has 2 N–H and O–H groups in total. The largest absolute Gasteiger partial charge is 0.495 e. The average molecular weight is 542 g/mol. The van der Waals surface area contributed by atoms with Crippen molar-refractivity contribution in [3.05, 3.63) is 65.6 Å². The Morgan fingerprint density at radius 1 is 1.11 bits per heavy atom. The van der Waals surface area contributed by atoms with Crippen LogP contribution in [0.4, 0.5) is 23.2 Å². The van der Waals surface area contributed by atoms with Crippen molar-refractivity contribution >= 4 is 21.7 Å². The van der Waals surface area contributed by atoms with Gasteiger partial charge >= 0.3 is 12.1 Å². The number of carbonyl (C=O) groups is 1. The second-order valence-corrected chi connectivity index (χ2v) is 10.4. The second-order valence-electron chi connectivity index (χ2n) is 8.72. The zero-order valence-electron chi connectivity index (χ0n) is 19.5. The molecule has 0 aliphatic heterocycles. The minimum Gasteiger partial charge on any atom is -0.495 e. The first-order chi connectivity index (χ1) is 17.4. The molecule has 0 spiro atoms. The number of alkyl halides is 3. The molecule has 0 saturated heterocycles. The molecular weight excluding hydrogens is 518 g/mol. The quantitative estimate of drug-likeness (QED) is 0.390. The number of nitrogens with one attached hydrogen (secondary N) is 1. The summed E-state index contributed by atoms with van der Waals surface area (Å²) in [5, 5.41) is 12.7. The number of halogens is 4. The van der Waals surface area contributed by atoms with Gasteiger partial charge in [0.25, 0.3) is 10.0 Å². The molecule has 4 rings (SSSR count). The maximum absolute atomic E-state index is 14.1. The Balaban J connectivity index is 1.49. The van der Waals surface area contributed by atoms with Gasteiger partial charge in [-0.2, -0.15) is 26.7 Å². The van der Waals surface area contributed by atoms with E-state index in [1.165, 1.54) is 24.1 Å². The Kier molecular flexibility index (Phi) is 7.18. The van der Waals surface area contributed by atoms with Crippen LogP contribution in [0.25, 0.3) is 5.69 Å². The van der Waals surface area contributed by atoms with Crippen LogP contribution in [0, 0.1) is 11.7 Å². The molecule has 198 valence electrons. The zero-order valence-corrected chi connectivity index (χ0v) is 20.3. The van der Waals surface area contributed by atoms with Gasteiger partial charge in [-0.05, 0) is 61.4 Å². The molecule has 8 nitrogen and oxygen atoms in total. The summed E-state index contributed by atoms with van der Waals surface area (Å²) in [5.41, 5.74) is 0.457. The topological polar surface area (TPSA) is 111 Å². The highest BCUT2D eigenvalue weighted by atomic mass is 32.2. The van der Waals surface area contributed by atoms with Gasteiger partial charge in [0, 0.05) is 12.3 Å². The Hall–Kier alpha value is -3.61. The maximum Gasteiger partial charge on any atom is 0.391 e. The van der Waals surface area contributed by atoms with Crippen molar-refractivity contribution in [1.82, 2.24) is 9.78 Å². The first-order valence-corrected chi connectivity index (χ1v) is 12.7. The number of anilines is 1. The number of hydrogen-bond donors (Lipinski definition) is 2. The molecule has 13 heteroatoms. The highest BCUT2D eigenvalue weighted by Gasteiger charge is 2.41. The van der Waals surface area contributed by atoms with Gasteiger partial charge in [-0.3, -0.25) is 4.72 Å². The van der Waals surface area contributed by atoms with E-state index >= 15 is 0 Å². The summed E-state index contributed by atoms with van der Waals surface area (Å²) >= 11 is 0. The molecule has 3 aromatic rings. The molecule has 1 fully saturated rings. The third-order valence-corrected chi connectivity index (χ3v) is 7.68. The molecule has 0 atom stereocenters. The normalized spacial score (nSPS) is 18.4. The molecule has 1 saturated carbocycles. The molecular formula is C24H23F4N3O5S. The fraction of sp³-hybridized carbons (Fsp3) is 0.333. The number of sulfonamides is 1. The Labute approximate surface area is 209 Å². The van der Waals surface area contributed by atoms with Crippen LogP contribution >= 0.6 is 0 Å². The Morgan fingerprint density at radius 2 is 1.76 bits per heavy atom. The molecule has 1 aliphatic carbocycles. The zero-order chi connectivity index (χ0) is 27.0. The number of carboxylic acids is 1. The lowest BCUT2D eigenvalue weighted by atomic mass is 9.78. The van der Waals surface area contributed by atoms with Crippen molar-refractivity contribution in [1.29, 1.82) is 0 Å². The van der Waals surface area contributed by atoms with Crippen LogP contribution in [0.5, 0.6) is 5.75 Å². The second kappa shape index (κ2) is 10.0. The number of benzene rings is 2. The van der Waals surface area contributed by atoms with E-state index in [4.69, 9.17) is 9.84 Å². The molecule has 37 heavy (non-hydrogen) atoms. The monoisotopic (exact) mass is 541 g/mol. The number of aromatic carboxylic acids is 1. The van der Waals surface area contributed by atoms with E-state index in [0.29, 0.717) is 24.6 Å². The van der Waals surface area contributed by atoms with Gasteiger partial charge in [0.1, 0.15) is 11.6 Å². The number of aromatic nitrogens is 2. The average Bonchev–Trinajstić information content (AvgIpc) is 3.35. The summed E-state index contributed by atoms with van der Waals surface area (Å²) in [6.07, 6.45) is -1.69. The van der Waals surface area contributed by atoms with Crippen LogP contribution in [0.15, 0.2) is 53.7 Å². The summed E-state index contributed by atoms with van der Waals surface area (Å²) in [6, 6.07) is 9.78. The third kappa shape index (κ3) is 5.71. The molecule has 0 unspecified atom stereocenters. The minimum atomic E-state index is -4.29. The fourth-order valence-electron chi connectivity index (χ4n) is 4.41. The van der Waals surface area contributed by atoms with E-state index in [0.717, 1.165) is 11.6 Å². The smallest absolute Gasteiger partial charge is 0.391 e. The van der Waals surface area contributed by atoms with E-state index in [1.54, 1.807) is 24.3 Å². The molecule has 0 bridgehead atoms. The van der Waals surface area contributed by atoms with Gasteiger partial charge in [0.2, 0.25) is 0 Å². The molecule has 1 aromatic heterocycles. The highest BCUT2D eigenvalue weighted by molar-refractivity contribution is 7.92. The van der Waals surface area contributed by atoms with Gasteiger partial charge in [-0.1, -0.05) is 12.1 Å². The van der Waals surface area contributed by atoms with Crippen molar-refractivity contribution in [3.63, 3.8) is 0 Å². The van der Waals surface area contributed by atoms with Gasteiger partial charge in [0.05, 0.1) is 30.0 Å². The van der Waals surface area contributed by atoms with Crippen molar-refractivity contribution in [2.45, 2.75) is 42.8 Å². The Bertz CT molecular complexity index is 1400. The van der Waals surface area contributed by atoms with Gasteiger partial charge < -0.3 is 9.84 Å². The lowest BCUT2D eigenvalue weighted by Crippen LogP contribution is -2.27. The molecule has 0 radical (unpaired) electrons. The van der Waals surface area contributed by atoms with Crippen LogP contribution < -0.4 is 9.46 Å². The minimum absolute atomic E-state index is 0.0216. The van der Waals surface area contributed by atoms with Crippen molar-refractivity contribution < 1.29 is 40.6 Å². The van der Waals surface area contributed by atoms with E-state index < -0.39 is 39.5 Å². The van der Waals surface area contributed by atoms with Crippen molar-refractivity contribution in [2.24, 2.45) is 5.92 Å². The molecule has 0 amide bonds. The van der Waals surface area contributed by atoms with Gasteiger partial charge in [-0.15, -0.1) is 0 Å². The standard InChI is InChI=1S/C24H23F4N3O5S/c1-36-21-12-18(23(32)33)19(25)13-20(21)30-37(34,35)22-10-11-31(29-22)17-8-4-15(5-9-17)14-2-6-16(7-3-14)24(26,27)28/h4-5,8-14,16,30H,2-3,6-7H2,1H3,(H,32,33)/t14-,16+. The number of rotatable bonds is 7. The van der Waals surface area contributed by atoms with E-state index in [-0.39, 0.29) is 35.2 Å². The third-order valence-electron chi connectivity index (χ3n) is 6.42. The van der Waals surface area contributed by atoms with E-state index in [1.807, 2.05) is 0 Å². The van der Waals surface area contributed by atoms with E-state index in [9.17, 15) is 30.8 Å². The van der Waals surface area contributed by atoms with Crippen molar-refractivity contribution in [3.8, 4) is 11.4 Å². The SMILES string of the molecule is COc1cc(C(=O)O)c(F)cc1NS(=O)(=O)c1ccn(-c2ccc([C@H]3CC[C@@H](C(F)(F)F)CC3)cc2)n1. The summed E-state index contributed by atoms with van der Waals surface area (Å²) in [7, 11) is -3.12. The molecule has 2 aromatic carbocycles. The van der Waals surface area contributed by atoms with Crippen LogP contribution in [-0.2, 0) is 10.0 Å². The van der Waals surface area contributed by atoms with Crippen LogP contribution in [-0.4, -0.2) is 42.6 Å². The lowest BCUT2D eigenvalue weighted by molar-refractivity contribution is -0.182. The van der Waals surface area contributed by atoms with E-state index in [2.05, 4.69) is 9.82 Å². The number of hydrogen-bond acceptors (Lipinski definition) is 5. The number of methoxy groups -OCH3 is 1. The first kappa shape index (κ1) is 26.5. The van der Waals surface area contributed by atoms with Gasteiger partial charge in [0.15, 0.2) is 5.03 Å². The summed E-state index contributed by atoms with van der Waals surface area (Å²) in [4.78, 5) is 11.1. The summed E-state index contributed by atoms with van der Waals surface area (Å²) < 4.78 is 87.0. The number of ether oxygens (including phenoxy) is 1.